The van der Waals surface area contributed by atoms with Gasteiger partial charge in [-0.05, 0) is 37.5 Å². The number of aliphatic hydroxyl groups is 1. The zero-order chi connectivity index (χ0) is 56.6. The van der Waals surface area contributed by atoms with Crippen molar-refractivity contribution in [2.24, 2.45) is 11.8 Å². The molecule has 0 spiro atoms. The van der Waals surface area contributed by atoms with Gasteiger partial charge in [0, 0.05) is 25.7 Å². The van der Waals surface area contributed by atoms with E-state index in [4.69, 9.17) is 37.0 Å². The lowest BCUT2D eigenvalue weighted by atomic mass is 10.0. The number of ether oxygens (including phenoxy) is 4. The summed E-state index contributed by atoms with van der Waals surface area (Å²) in [6.45, 7) is 9.26. The van der Waals surface area contributed by atoms with Gasteiger partial charge in [0.15, 0.2) is 12.2 Å². The molecule has 0 saturated heterocycles. The Balaban J connectivity index is 5.19. The van der Waals surface area contributed by atoms with Crippen molar-refractivity contribution in [2.45, 2.75) is 291 Å². The third kappa shape index (κ3) is 51.5. The van der Waals surface area contributed by atoms with Crippen molar-refractivity contribution in [3.63, 3.8) is 0 Å². The predicted octanol–water partition coefficient (Wildman–Crippen LogP) is 14.9. The highest BCUT2D eigenvalue weighted by molar-refractivity contribution is 7.47. The minimum absolute atomic E-state index is 0.103. The summed E-state index contributed by atoms with van der Waals surface area (Å²) in [5, 5.41) is 10.5. The maximum absolute atomic E-state index is 12.9. The second kappa shape index (κ2) is 50.1. The molecule has 0 fully saturated rings. The first-order valence-electron chi connectivity index (χ1n) is 30.0. The van der Waals surface area contributed by atoms with Crippen LogP contribution in [0.1, 0.15) is 273 Å². The number of phosphoric ester groups is 2. The summed E-state index contributed by atoms with van der Waals surface area (Å²) in [6, 6.07) is 0. The Hall–Kier alpha value is -1.94. The van der Waals surface area contributed by atoms with Crippen molar-refractivity contribution in [1.29, 1.82) is 0 Å². The van der Waals surface area contributed by atoms with Crippen LogP contribution in [-0.4, -0.2) is 96.7 Å². The Labute approximate surface area is 460 Å². The lowest BCUT2D eigenvalue weighted by Gasteiger charge is -2.21. The fraction of sp³-hybridized carbons (Fsp3) is 0.930. The molecule has 2 unspecified atom stereocenters. The van der Waals surface area contributed by atoms with Crippen LogP contribution in [-0.2, 0) is 65.4 Å². The molecule has 0 heterocycles. The fourth-order valence-electron chi connectivity index (χ4n) is 8.29. The van der Waals surface area contributed by atoms with Gasteiger partial charge in [0.05, 0.1) is 26.4 Å². The number of phosphoric acid groups is 2. The van der Waals surface area contributed by atoms with Gasteiger partial charge in [0.1, 0.15) is 19.3 Å². The summed E-state index contributed by atoms with van der Waals surface area (Å²) in [6.07, 6.45) is 29.7. The SMILES string of the molecule is CCCCCCCCCC(=O)OC[C@H](COP(=O)(O)OC[C@H](O)COP(=O)(O)OC[C@@H](COC(=O)CCCCCCCCC(C)C)OC(=O)CCCCCCCCCCCCC(C)C)OC(=O)CCCCCCCCC. The van der Waals surface area contributed by atoms with Crippen molar-refractivity contribution in [2.75, 3.05) is 39.6 Å². The second-order valence-corrected chi connectivity index (χ2v) is 24.5. The number of unbranched alkanes of at least 4 members (excludes halogenated alkanes) is 26. The molecule has 0 saturated carbocycles. The molecule has 0 bridgehead atoms. The van der Waals surface area contributed by atoms with Crippen LogP contribution in [0.4, 0.5) is 0 Å². The molecule has 76 heavy (non-hydrogen) atoms. The van der Waals surface area contributed by atoms with E-state index < -0.39 is 97.5 Å². The van der Waals surface area contributed by atoms with Gasteiger partial charge in [0.2, 0.25) is 0 Å². The van der Waals surface area contributed by atoms with Crippen LogP contribution in [0.15, 0.2) is 0 Å². The van der Waals surface area contributed by atoms with E-state index in [2.05, 4.69) is 41.5 Å². The molecule has 0 aromatic rings. The van der Waals surface area contributed by atoms with E-state index in [1.807, 2.05) is 0 Å². The van der Waals surface area contributed by atoms with Crippen molar-refractivity contribution < 1.29 is 80.2 Å². The normalized spacial score (nSPS) is 14.5. The topological polar surface area (TPSA) is 237 Å². The van der Waals surface area contributed by atoms with Gasteiger partial charge in [-0.25, -0.2) is 9.13 Å². The van der Waals surface area contributed by atoms with Crippen LogP contribution >= 0.6 is 15.6 Å². The van der Waals surface area contributed by atoms with Crippen LogP contribution in [0.25, 0.3) is 0 Å². The number of hydrogen-bond donors (Lipinski definition) is 3. The number of carbonyl (C=O) groups excluding carboxylic acids is 4. The number of esters is 4. The monoisotopic (exact) mass is 1130 g/mol. The zero-order valence-electron chi connectivity index (χ0n) is 48.5. The van der Waals surface area contributed by atoms with Crippen molar-refractivity contribution in [1.82, 2.24) is 0 Å². The highest BCUT2D eigenvalue weighted by Crippen LogP contribution is 2.45. The predicted molar refractivity (Wildman–Crippen MR) is 298 cm³/mol. The molecule has 5 atom stereocenters. The van der Waals surface area contributed by atoms with E-state index in [9.17, 15) is 43.2 Å². The van der Waals surface area contributed by atoms with E-state index in [0.717, 1.165) is 128 Å². The number of rotatable bonds is 56. The van der Waals surface area contributed by atoms with Gasteiger partial charge in [-0.2, -0.15) is 0 Å². The zero-order valence-corrected chi connectivity index (χ0v) is 50.3. The third-order valence-electron chi connectivity index (χ3n) is 13.0. The summed E-state index contributed by atoms with van der Waals surface area (Å²) in [5.41, 5.74) is 0. The molecule has 0 amide bonds. The average Bonchev–Trinajstić information content (AvgIpc) is 3.37. The van der Waals surface area contributed by atoms with Gasteiger partial charge in [-0.1, -0.05) is 221 Å². The molecule has 0 aliphatic heterocycles. The van der Waals surface area contributed by atoms with E-state index in [1.54, 1.807) is 0 Å². The quantitative estimate of drug-likeness (QED) is 0.0222. The number of carbonyl (C=O) groups is 4. The molecule has 0 radical (unpaired) electrons. The summed E-state index contributed by atoms with van der Waals surface area (Å²) in [5.74, 6) is -0.723. The molecule has 3 N–H and O–H groups in total. The summed E-state index contributed by atoms with van der Waals surface area (Å²) < 4.78 is 67.5. The molecule has 19 heteroatoms. The van der Waals surface area contributed by atoms with Gasteiger partial charge >= 0.3 is 39.5 Å². The van der Waals surface area contributed by atoms with Crippen molar-refractivity contribution >= 4 is 39.5 Å². The maximum Gasteiger partial charge on any atom is 0.472 e. The maximum atomic E-state index is 12.9. The summed E-state index contributed by atoms with van der Waals surface area (Å²) in [4.78, 5) is 71.6. The Bertz CT molecular complexity index is 1510. The molecular formula is C57H110O17P2. The van der Waals surface area contributed by atoms with E-state index in [1.165, 1.54) is 57.8 Å². The minimum atomic E-state index is -4.94. The van der Waals surface area contributed by atoms with Crippen LogP contribution in [0.5, 0.6) is 0 Å². The Morgan fingerprint density at radius 3 is 0.895 bits per heavy atom. The lowest BCUT2D eigenvalue weighted by molar-refractivity contribution is -0.161. The number of aliphatic hydroxyl groups excluding tert-OH is 1. The Morgan fingerprint density at radius 1 is 0.355 bits per heavy atom. The summed E-state index contributed by atoms with van der Waals surface area (Å²) >= 11 is 0. The largest absolute Gasteiger partial charge is 0.472 e. The first kappa shape index (κ1) is 74.1. The molecular weight excluding hydrogens is 1020 g/mol. The summed E-state index contributed by atoms with van der Waals surface area (Å²) in [7, 11) is -9.86. The Morgan fingerprint density at radius 2 is 0.605 bits per heavy atom. The molecule has 0 aliphatic rings. The van der Waals surface area contributed by atoms with Crippen LogP contribution in [0, 0.1) is 11.8 Å². The minimum Gasteiger partial charge on any atom is -0.462 e. The fourth-order valence-corrected chi connectivity index (χ4v) is 9.87. The lowest BCUT2D eigenvalue weighted by Crippen LogP contribution is -2.30. The van der Waals surface area contributed by atoms with Crippen LogP contribution < -0.4 is 0 Å². The Kier molecular flexibility index (Phi) is 48.8. The molecule has 0 rings (SSSR count). The highest BCUT2D eigenvalue weighted by Gasteiger charge is 2.30. The number of hydrogen-bond acceptors (Lipinski definition) is 15. The highest BCUT2D eigenvalue weighted by atomic mass is 31.2. The van der Waals surface area contributed by atoms with Gasteiger partial charge in [-0.15, -0.1) is 0 Å². The molecule has 17 nitrogen and oxygen atoms in total. The molecule has 450 valence electrons. The van der Waals surface area contributed by atoms with Crippen LogP contribution in [0.2, 0.25) is 0 Å². The van der Waals surface area contributed by atoms with E-state index in [-0.39, 0.29) is 25.7 Å². The molecule has 0 aromatic carbocycles. The van der Waals surface area contributed by atoms with Crippen LogP contribution in [0.3, 0.4) is 0 Å². The van der Waals surface area contributed by atoms with Gasteiger partial charge < -0.3 is 33.8 Å². The molecule has 0 aliphatic carbocycles. The standard InChI is InChI=1S/C57H110O17P2/c1-7-9-11-13-19-27-33-39-54(59)67-45-52(73-56(61)41-35-29-20-14-12-10-8-2)47-71-75(63,64)69-43-51(58)44-70-76(65,66)72-48-53(46-68-55(60)40-34-28-24-23-26-32-38-50(5)6)74-57(62)42-36-30-22-18-16-15-17-21-25-31-37-49(3)4/h49-53,58H,7-48H2,1-6H3,(H,63,64)(H,65,66)/t51-,52+,53+/m0/s1. The van der Waals surface area contributed by atoms with Gasteiger partial charge in [-0.3, -0.25) is 37.3 Å². The van der Waals surface area contributed by atoms with E-state index in [0.29, 0.717) is 31.6 Å². The smallest absolute Gasteiger partial charge is 0.462 e. The van der Waals surface area contributed by atoms with Crippen molar-refractivity contribution in [3.05, 3.63) is 0 Å². The first-order valence-corrected chi connectivity index (χ1v) is 33.0. The second-order valence-electron chi connectivity index (χ2n) is 21.6. The third-order valence-corrected chi connectivity index (χ3v) is 14.9. The van der Waals surface area contributed by atoms with E-state index >= 15 is 0 Å². The first-order chi connectivity index (χ1) is 36.4. The van der Waals surface area contributed by atoms with Crippen molar-refractivity contribution in [3.8, 4) is 0 Å². The molecule has 0 aromatic heterocycles. The average molecular weight is 1130 g/mol. The van der Waals surface area contributed by atoms with Gasteiger partial charge in [0.25, 0.3) is 0 Å².